The summed E-state index contributed by atoms with van der Waals surface area (Å²) in [4.78, 5) is 13.9. The van der Waals surface area contributed by atoms with Crippen molar-refractivity contribution in [1.29, 1.82) is 0 Å². The summed E-state index contributed by atoms with van der Waals surface area (Å²) in [5.41, 5.74) is 5.03. The van der Waals surface area contributed by atoms with Crippen molar-refractivity contribution in [3.8, 4) is 11.5 Å². The van der Waals surface area contributed by atoms with Gasteiger partial charge in [0.05, 0.1) is 31.7 Å². The molecule has 0 N–H and O–H groups in total. The molecule has 0 aliphatic heterocycles. The van der Waals surface area contributed by atoms with Gasteiger partial charge in [-0.05, 0) is 82.9 Å². The van der Waals surface area contributed by atoms with Crippen molar-refractivity contribution in [2.24, 2.45) is 0 Å². The van der Waals surface area contributed by atoms with E-state index >= 15 is 0 Å². The Kier molecular flexibility index (Phi) is 12.6. The zero-order chi connectivity index (χ0) is 23.0. The van der Waals surface area contributed by atoms with Crippen LogP contribution in [-0.4, -0.2) is 57.4 Å². The molecule has 0 fully saturated rings. The van der Waals surface area contributed by atoms with E-state index in [9.17, 15) is 4.79 Å². The second-order valence-corrected chi connectivity index (χ2v) is 9.00. The largest absolute Gasteiger partial charge is 0.494 e. The van der Waals surface area contributed by atoms with Crippen molar-refractivity contribution in [3.05, 3.63) is 52.1 Å². The Hall–Kier alpha value is -1.34. The molecule has 1 atom stereocenters. The van der Waals surface area contributed by atoms with Gasteiger partial charge in [-0.3, -0.25) is 4.79 Å². The van der Waals surface area contributed by atoms with E-state index in [2.05, 4.69) is 19.9 Å². The minimum Gasteiger partial charge on any atom is -0.494 e. The number of aryl methyl sites for hydroxylation is 2. The molecule has 171 valence electrons. The average Bonchev–Trinajstić information content (AvgIpc) is 2.73. The van der Waals surface area contributed by atoms with E-state index in [1.54, 1.807) is 0 Å². The first-order chi connectivity index (χ1) is 14.8. The summed E-state index contributed by atoms with van der Waals surface area (Å²) in [6.07, 6.45) is 0. The van der Waals surface area contributed by atoms with Gasteiger partial charge in [-0.25, -0.2) is 0 Å². The van der Waals surface area contributed by atoms with Crippen LogP contribution in [0.5, 0.6) is 11.5 Å². The third kappa shape index (κ3) is 7.08. The van der Waals surface area contributed by atoms with E-state index in [1.165, 1.54) is 5.56 Å². The van der Waals surface area contributed by atoms with Crippen LogP contribution < -0.4 is 14.8 Å². The number of hydrogen-bond acceptors (Lipinski definition) is 5. The van der Waals surface area contributed by atoms with Crippen molar-refractivity contribution in [2.45, 2.75) is 48.5 Å². The van der Waals surface area contributed by atoms with Gasteiger partial charge in [0.15, 0.2) is 0 Å². The molecule has 5 nitrogen and oxygen atoms in total. The SMILES string of the molecule is CCOCCOP(C(=O)c1c(C)cc(C)c(C)c1C)c1ccc(OCC)cc1OCC.[Li]. The second kappa shape index (κ2) is 14.0. The second-order valence-electron chi connectivity index (χ2n) is 7.26. The van der Waals surface area contributed by atoms with E-state index in [0.29, 0.717) is 44.5 Å². The van der Waals surface area contributed by atoms with Gasteiger partial charge in [-0.1, -0.05) is 6.07 Å². The Morgan fingerprint density at radius 3 is 2.16 bits per heavy atom. The van der Waals surface area contributed by atoms with E-state index in [0.717, 1.165) is 27.6 Å². The maximum Gasteiger partial charge on any atom is 0.216 e. The fraction of sp³-hybridized carbons (Fsp3) is 0.480. The molecule has 7 heteroatoms. The van der Waals surface area contributed by atoms with Gasteiger partial charge in [-0.2, -0.15) is 0 Å². The summed E-state index contributed by atoms with van der Waals surface area (Å²) < 4.78 is 23.2. The average molecular weight is 453 g/mol. The zero-order valence-electron chi connectivity index (χ0n) is 20.8. The predicted molar refractivity (Wildman–Crippen MR) is 133 cm³/mol. The van der Waals surface area contributed by atoms with Crippen molar-refractivity contribution in [3.63, 3.8) is 0 Å². The quantitative estimate of drug-likeness (QED) is 0.250. The van der Waals surface area contributed by atoms with Crippen LogP contribution in [0.3, 0.4) is 0 Å². The summed E-state index contributed by atoms with van der Waals surface area (Å²) in [7, 11) is -1.62. The molecule has 32 heavy (non-hydrogen) atoms. The van der Waals surface area contributed by atoms with Gasteiger partial charge in [0.2, 0.25) is 5.52 Å². The smallest absolute Gasteiger partial charge is 0.216 e. The van der Waals surface area contributed by atoms with Gasteiger partial charge < -0.3 is 18.7 Å². The van der Waals surface area contributed by atoms with Crippen LogP contribution in [0.4, 0.5) is 0 Å². The van der Waals surface area contributed by atoms with E-state index in [4.69, 9.17) is 18.7 Å². The Morgan fingerprint density at radius 2 is 1.53 bits per heavy atom. The van der Waals surface area contributed by atoms with Crippen molar-refractivity contribution >= 4 is 37.8 Å². The molecule has 1 radical (unpaired) electrons. The molecule has 0 saturated heterocycles. The summed E-state index contributed by atoms with van der Waals surface area (Å²) in [6.45, 7) is 16.4. The number of hydrogen-bond donors (Lipinski definition) is 0. The fourth-order valence-corrected chi connectivity index (χ4v) is 5.29. The minimum absolute atomic E-state index is 0. The van der Waals surface area contributed by atoms with Crippen LogP contribution >= 0.6 is 8.15 Å². The maximum absolute atomic E-state index is 13.9. The Labute approximate surface area is 206 Å². The standard InChI is InChI=1S/C25H35O5P.Li/c1-8-27-13-14-30-31(23-12-11-21(28-9-2)16-22(23)29-10-3)25(26)24-18(5)15-17(4)19(6)20(24)7;/h11-12,15-16H,8-10,13-14H2,1-7H3;. The topological polar surface area (TPSA) is 54.0 Å². The minimum atomic E-state index is -1.62. The first kappa shape index (κ1) is 28.7. The van der Waals surface area contributed by atoms with Crippen LogP contribution in [0.15, 0.2) is 24.3 Å². The zero-order valence-corrected chi connectivity index (χ0v) is 21.7. The van der Waals surface area contributed by atoms with Crippen molar-refractivity contribution in [2.75, 3.05) is 33.0 Å². The van der Waals surface area contributed by atoms with Crippen LogP contribution in [0, 0.1) is 27.7 Å². The summed E-state index contributed by atoms with van der Waals surface area (Å²) >= 11 is 0. The van der Waals surface area contributed by atoms with Gasteiger partial charge in [-0.15, -0.1) is 0 Å². The summed E-state index contributed by atoms with van der Waals surface area (Å²) in [6, 6.07) is 7.68. The Balaban J connectivity index is 0.00000512. The van der Waals surface area contributed by atoms with E-state index in [-0.39, 0.29) is 24.4 Å². The molecule has 2 rings (SSSR count). The number of rotatable bonds is 12. The molecule has 0 saturated carbocycles. The number of ether oxygens (including phenoxy) is 3. The Bertz CT molecular complexity index is 900. The Morgan fingerprint density at radius 1 is 0.844 bits per heavy atom. The van der Waals surface area contributed by atoms with Crippen LogP contribution in [0.25, 0.3) is 0 Å². The van der Waals surface area contributed by atoms with E-state index in [1.807, 2.05) is 52.8 Å². The number of benzene rings is 2. The van der Waals surface area contributed by atoms with Gasteiger partial charge >= 0.3 is 0 Å². The summed E-state index contributed by atoms with van der Waals surface area (Å²) in [5.74, 6) is 1.34. The molecule has 0 amide bonds. The van der Waals surface area contributed by atoms with E-state index < -0.39 is 8.15 Å². The first-order valence-electron chi connectivity index (χ1n) is 10.9. The molecule has 0 aromatic heterocycles. The van der Waals surface area contributed by atoms with Gasteiger partial charge in [0.25, 0.3) is 0 Å². The molecular weight excluding hydrogens is 418 g/mol. The predicted octanol–water partition coefficient (Wildman–Crippen LogP) is 5.25. The number of carbonyl (C=O) groups excluding carboxylic acids is 1. The molecule has 1 unspecified atom stereocenters. The summed E-state index contributed by atoms with van der Waals surface area (Å²) in [5, 5.41) is 0.763. The molecule has 0 spiro atoms. The fourth-order valence-electron chi connectivity index (χ4n) is 3.47. The molecule has 0 aliphatic carbocycles. The molecule has 0 aliphatic rings. The molecule has 0 heterocycles. The maximum atomic E-state index is 13.9. The number of carbonyl (C=O) groups is 1. The van der Waals surface area contributed by atoms with Crippen LogP contribution in [0.1, 0.15) is 53.4 Å². The van der Waals surface area contributed by atoms with Gasteiger partial charge in [0.1, 0.15) is 19.6 Å². The van der Waals surface area contributed by atoms with Gasteiger partial charge in [0, 0.05) is 37.1 Å². The molecule has 2 aromatic carbocycles. The monoisotopic (exact) mass is 453 g/mol. The van der Waals surface area contributed by atoms with Crippen LogP contribution in [-0.2, 0) is 9.26 Å². The third-order valence-corrected chi connectivity index (χ3v) is 7.01. The van der Waals surface area contributed by atoms with Crippen molar-refractivity contribution in [1.82, 2.24) is 0 Å². The molecular formula is C25H35LiO5P. The molecule has 2 aromatic rings. The molecule has 0 bridgehead atoms. The first-order valence-corrected chi connectivity index (χ1v) is 12.1. The van der Waals surface area contributed by atoms with Crippen LogP contribution in [0.2, 0.25) is 0 Å². The third-order valence-electron chi connectivity index (χ3n) is 5.17. The van der Waals surface area contributed by atoms with Crippen molar-refractivity contribution < 1.29 is 23.5 Å². The normalized spacial score (nSPS) is 11.6.